The SMILES string of the molecule is Cc1ncsc1-c1ccc([C@H](C)NC(=O)[C@@H]2C[C@@H](O)CN2C(=O)[C@H](c2cc(OC3CC4(CCNCC4)C3)no2)C(C)C)cc1.Cl. The summed E-state index contributed by atoms with van der Waals surface area (Å²) in [4.78, 5) is 34.5. The van der Waals surface area contributed by atoms with Crippen LogP contribution in [0.4, 0.5) is 0 Å². The molecule has 4 atom stereocenters. The zero-order valence-corrected chi connectivity index (χ0v) is 28.0. The Balaban J connectivity index is 0.00000400. The van der Waals surface area contributed by atoms with Gasteiger partial charge in [0.25, 0.3) is 5.88 Å². The van der Waals surface area contributed by atoms with Crippen LogP contribution in [0.3, 0.4) is 0 Å². The number of aromatic nitrogens is 2. The lowest BCUT2D eigenvalue weighted by Gasteiger charge is -2.49. The zero-order chi connectivity index (χ0) is 31.0. The predicted molar refractivity (Wildman–Crippen MR) is 174 cm³/mol. The number of amides is 2. The van der Waals surface area contributed by atoms with Crippen LogP contribution in [0.25, 0.3) is 10.4 Å². The number of carbonyl (C=O) groups excluding carboxylic acids is 2. The molecule has 2 saturated heterocycles. The molecule has 1 aromatic carbocycles. The number of rotatable bonds is 9. The zero-order valence-electron chi connectivity index (χ0n) is 26.3. The molecule has 0 radical (unpaired) electrons. The predicted octanol–water partition coefficient (Wildman–Crippen LogP) is 5.02. The number of nitrogens with zero attached hydrogens (tertiary/aromatic N) is 3. The number of hydrogen-bond acceptors (Lipinski definition) is 9. The first-order chi connectivity index (χ1) is 21.1. The minimum absolute atomic E-state index is 0. The molecular weight excluding hydrogens is 614 g/mol. The third kappa shape index (κ3) is 7.06. The summed E-state index contributed by atoms with van der Waals surface area (Å²) >= 11 is 1.60. The number of aliphatic hydroxyl groups is 1. The maximum Gasteiger partial charge on any atom is 0.254 e. The van der Waals surface area contributed by atoms with Gasteiger partial charge < -0.3 is 29.9 Å². The van der Waals surface area contributed by atoms with Crippen LogP contribution in [0.15, 0.2) is 40.4 Å². The van der Waals surface area contributed by atoms with Crippen molar-refractivity contribution < 1.29 is 24.0 Å². The fraction of sp³-hybridized carbons (Fsp3) is 0.576. The van der Waals surface area contributed by atoms with Gasteiger partial charge in [-0.15, -0.1) is 23.7 Å². The summed E-state index contributed by atoms with van der Waals surface area (Å²) in [6.45, 7) is 10.0. The van der Waals surface area contributed by atoms with Gasteiger partial charge in [0.1, 0.15) is 18.1 Å². The van der Waals surface area contributed by atoms with Gasteiger partial charge in [-0.1, -0.05) is 38.1 Å². The maximum atomic E-state index is 14.0. The minimum Gasteiger partial charge on any atom is -0.472 e. The van der Waals surface area contributed by atoms with Gasteiger partial charge in [0.2, 0.25) is 11.8 Å². The lowest BCUT2D eigenvalue weighted by molar-refractivity contribution is -0.141. The highest BCUT2D eigenvalue weighted by atomic mass is 35.5. The quantitative estimate of drug-likeness (QED) is 0.293. The number of nitrogens with one attached hydrogen (secondary N) is 2. The summed E-state index contributed by atoms with van der Waals surface area (Å²) in [5, 5.41) is 21.2. The number of aryl methyl sites for hydroxylation is 1. The number of halogens is 1. The molecule has 45 heavy (non-hydrogen) atoms. The van der Waals surface area contributed by atoms with Crippen LogP contribution >= 0.6 is 23.7 Å². The topological polar surface area (TPSA) is 130 Å². The Bertz CT molecular complexity index is 1460. The molecule has 4 heterocycles. The Morgan fingerprint density at radius 3 is 2.53 bits per heavy atom. The molecule has 2 aliphatic heterocycles. The van der Waals surface area contributed by atoms with Crippen LogP contribution in [0.2, 0.25) is 0 Å². The van der Waals surface area contributed by atoms with E-state index in [9.17, 15) is 14.7 Å². The van der Waals surface area contributed by atoms with Crippen molar-refractivity contribution in [2.45, 2.75) is 90.0 Å². The van der Waals surface area contributed by atoms with Gasteiger partial charge in [0, 0.05) is 19.0 Å². The van der Waals surface area contributed by atoms with E-state index in [1.165, 1.54) is 17.7 Å². The molecule has 244 valence electrons. The van der Waals surface area contributed by atoms with E-state index < -0.39 is 18.1 Å². The molecule has 10 nitrogen and oxygen atoms in total. The normalized spacial score (nSPS) is 22.5. The first-order valence-corrected chi connectivity index (χ1v) is 16.6. The highest BCUT2D eigenvalue weighted by Crippen LogP contribution is 2.49. The van der Waals surface area contributed by atoms with Gasteiger partial charge in [-0.25, -0.2) is 4.98 Å². The van der Waals surface area contributed by atoms with Crippen molar-refractivity contribution in [3.63, 3.8) is 0 Å². The second kappa shape index (κ2) is 13.8. The molecule has 2 aromatic heterocycles. The molecular formula is C33H44ClN5O5S. The number of thiazole rings is 1. The van der Waals surface area contributed by atoms with Gasteiger partial charge in [-0.05, 0) is 80.2 Å². The van der Waals surface area contributed by atoms with Gasteiger partial charge >= 0.3 is 0 Å². The van der Waals surface area contributed by atoms with Crippen LogP contribution in [0.1, 0.15) is 81.9 Å². The number of carbonyl (C=O) groups is 2. The van der Waals surface area contributed by atoms with Crippen LogP contribution in [0.5, 0.6) is 5.88 Å². The van der Waals surface area contributed by atoms with Gasteiger partial charge in [0.15, 0.2) is 5.76 Å². The molecule has 3 aliphatic rings. The molecule has 0 unspecified atom stereocenters. The standard InChI is InChI=1S/C33H43N5O5S.ClH/c1-19(2)29(27-14-28(37-43-27)42-25-15-33(16-25)9-11-34-12-10-33)32(41)38-17-24(39)13-26(38)31(40)36-20(3)22-5-7-23(8-6-22)30-21(4)35-18-44-30;/h5-8,14,18-20,24-26,29,34,39H,9-13,15-17H2,1-4H3,(H,36,40);1H/t20-,24+,26-,29-;/m0./s1. The van der Waals surface area contributed by atoms with Crippen LogP contribution in [-0.2, 0) is 9.59 Å². The number of β-amino-alcohol motifs (C(OH)–C–C–N with tert-alkyl or cyclic N) is 1. The van der Waals surface area contributed by atoms with Gasteiger partial charge in [-0.3, -0.25) is 9.59 Å². The van der Waals surface area contributed by atoms with Crippen molar-refractivity contribution in [1.82, 2.24) is 25.7 Å². The molecule has 1 saturated carbocycles. The minimum atomic E-state index is -0.783. The smallest absolute Gasteiger partial charge is 0.254 e. The summed E-state index contributed by atoms with van der Waals surface area (Å²) in [5.41, 5.74) is 5.25. The summed E-state index contributed by atoms with van der Waals surface area (Å²) in [6, 6.07) is 8.73. The number of piperidine rings is 1. The Morgan fingerprint density at radius 2 is 1.89 bits per heavy atom. The van der Waals surface area contributed by atoms with Gasteiger partial charge in [-0.2, -0.15) is 0 Å². The van der Waals surface area contributed by atoms with Crippen molar-refractivity contribution in [1.29, 1.82) is 0 Å². The van der Waals surface area contributed by atoms with Gasteiger partial charge in [0.05, 0.1) is 28.2 Å². The molecule has 3 fully saturated rings. The van der Waals surface area contributed by atoms with Crippen molar-refractivity contribution in [2.75, 3.05) is 19.6 Å². The van der Waals surface area contributed by atoms with E-state index in [-0.39, 0.29) is 55.3 Å². The van der Waals surface area contributed by atoms with E-state index in [1.807, 2.05) is 57.5 Å². The molecule has 3 N–H and O–H groups in total. The number of likely N-dealkylation sites (tertiary alicyclic amines) is 1. The molecule has 12 heteroatoms. The first kappa shape index (κ1) is 33.4. The summed E-state index contributed by atoms with van der Waals surface area (Å²) in [5.74, 6) is -0.502. The molecule has 2 amide bonds. The molecule has 3 aromatic rings. The van der Waals surface area contributed by atoms with E-state index in [0.29, 0.717) is 17.1 Å². The summed E-state index contributed by atoms with van der Waals surface area (Å²) in [6.07, 6.45) is 3.89. The Kier molecular flexibility index (Phi) is 10.2. The van der Waals surface area contributed by atoms with E-state index >= 15 is 0 Å². The second-order valence-electron chi connectivity index (χ2n) is 13.2. The average Bonchev–Trinajstić information content (AvgIpc) is 3.73. The number of ether oxygens (including phenoxy) is 1. The molecule has 1 aliphatic carbocycles. The van der Waals surface area contributed by atoms with E-state index in [1.54, 1.807) is 17.4 Å². The Labute approximate surface area is 274 Å². The monoisotopic (exact) mass is 657 g/mol. The molecule has 0 bridgehead atoms. The number of hydrogen-bond donors (Lipinski definition) is 3. The van der Waals surface area contributed by atoms with Crippen molar-refractivity contribution in [3.8, 4) is 16.3 Å². The van der Waals surface area contributed by atoms with E-state index in [4.69, 9.17) is 9.26 Å². The Morgan fingerprint density at radius 1 is 1.18 bits per heavy atom. The lowest BCUT2D eigenvalue weighted by atomic mass is 9.62. The third-order valence-corrected chi connectivity index (χ3v) is 10.6. The molecule has 6 rings (SSSR count). The summed E-state index contributed by atoms with van der Waals surface area (Å²) < 4.78 is 11.8. The fourth-order valence-electron chi connectivity index (χ4n) is 7.11. The van der Waals surface area contributed by atoms with Crippen LogP contribution in [-0.4, -0.2) is 69.8 Å². The highest BCUT2D eigenvalue weighted by Gasteiger charge is 2.47. The highest BCUT2D eigenvalue weighted by molar-refractivity contribution is 7.13. The fourth-order valence-corrected chi connectivity index (χ4v) is 7.93. The number of benzene rings is 1. The third-order valence-electron chi connectivity index (χ3n) is 9.66. The van der Waals surface area contributed by atoms with E-state index in [0.717, 1.165) is 47.6 Å². The summed E-state index contributed by atoms with van der Waals surface area (Å²) in [7, 11) is 0. The lowest BCUT2D eigenvalue weighted by Crippen LogP contribution is -2.49. The largest absolute Gasteiger partial charge is 0.472 e. The van der Waals surface area contributed by atoms with Crippen molar-refractivity contribution >= 4 is 35.6 Å². The molecule has 1 spiro atoms. The van der Waals surface area contributed by atoms with Crippen molar-refractivity contribution in [2.24, 2.45) is 11.3 Å². The Hall–Kier alpha value is -2.99. The maximum absolute atomic E-state index is 14.0. The van der Waals surface area contributed by atoms with Crippen molar-refractivity contribution in [3.05, 3.63) is 52.9 Å². The second-order valence-corrected chi connectivity index (χ2v) is 14.1. The van der Waals surface area contributed by atoms with Crippen LogP contribution in [0, 0.1) is 18.3 Å². The average molecular weight is 658 g/mol. The number of aliphatic hydroxyl groups excluding tert-OH is 1. The van der Waals surface area contributed by atoms with Crippen LogP contribution < -0.4 is 15.4 Å². The first-order valence-electron chi connectivity index (χ1n) is 15.8. The van der Waals surface area contributed by atoms with E-state index in [2.05, 4.69) is 20.8 Å².